The maximum absolute atomic E-state index is 5.85. The minimum absolute atomic E-state index is 0.523. The van der Waals surface area contributed by atoms with Gasteiger partial charge in [0, 0.05) is 18.6 Å². The molecule has 2 saturated carbocycles. The standard InChI is InChI=1S/C21H24N4OS2/c1-26-18-10-4-15(5-11-18)13-23(16-6-7-16)14-24-21(27)25(17-8-9-17)20(22-24)19-3-2-12-28-19/h2-5,10-12,16-17H,6-9,13-14H2,1H3. The van der Waals surface area contributed by atoms with E-state index in [9.17, 15) is 0 Å². The fourth-order valence-electron chi connectivity index (χ4n) is 3.62. The molecular weight excluding hydrogens is 388 g/mol. The van der Waals surface area contributed by atoms with Gasteiger partial charge in [-0.25, -0.2) is 4.68 Å². The molecule has 2 aliphatic carbocycles. The van der Waals surface area contributed by atoms with Crippen LogP contribution >= 0.6 is 23.6 Å². The van der Waals surface area contributed by atoms with Crippen molar-refractivity contribution < 1.29 is 4.74 Å². The molecule has 0 bridgehead atoms. The highest BCUT2D eigenvalue weighted by Gasteiger charge is 2.32. The van der Waals surface area contributed by atoms with E-state index in [1.807, 2.05) is 16.8 Å². The van der Waals surface area contributed by atoms with E-state index in [0.29, 0.717) is 12.1 Å². The topological polar surface area (TPSA) is 35.2 Å². The molecule has 2 fully saturated rings. The third-order valence-corrected chi connectivity index (χ3v) is 6.72. The van der Waals surface area contributed by atoms with Crippen molar-refractivity contribution in [1.82, 2.24) is 19.2 Å². The fourth-order valence-corrected chi connectivity index (χ4v) is 4.66. The number of ether oxygens (including phenoxy) is 1. The van der Waals surface area contributed by atoms with Crippen LogP contribution in [0.3, 0.4) is 0 Å². The maximum atomic E-state index is 5.85. The van der Waals surface area contributed by atoms with Crippen LogP contribution in [0.5, 0.6) is 5.75 Å². The van der Waals surface area contributed by atoms with E-state index in [0.717, 1.165) is 29.6 Å². The zero-order valence-electron chi connectivity index (χ0n) is 16.0. The Labute approximate surface area is 174 Å². The largest absolute Gasteiger partial charge is 0.497 e. The van der Waals surface area contributed by atoms with Gasteiger partial charge in [0.2, 0.25) is 0 Å². The first-order chi connectivity index (χ1) is 13.7. The predicted octanol–water partition coefficient (Wildman–Crippen LogP) is 5.11. The molecule has 7 heteroatoms. The van der Waals surface area contributed by atoms with Gasteiger partial charge in [-0.3, -0.25) is 9.47 Å². The number of hydrogen-bond acceptors (Lipinski definition) is 5. The summed E-state index contributed by atoms with van der Waals surface area (Å²) in [6, 6.07) is 13.7. The van der Waals surface area contributed by atoms with Gasteiger partial charge < -0.3 is 4.74 Å². The molecule has 0 spiro atoms. The molecule has 0 saturated heterocycles. The molecule has 2 aromatic heterocycles. The minimum atomic E-state index is 0.523. The molecule has 5 rings (SSSR count). The van der Waals surface area contributed by atoms with Crippen LogP contribution in [0.25, 0.3) is 10.7 Å². The number of thiophene rings is 1. The summed E-state index contributed by atoms with van der Waals surface area (Å²) in [4.78, 5) is 3.70. The monoisotopic (exact) mass is 412 g/mol. The molecule has 0 aliphatic heterocycles. The smallest absolute Gasteiger partial charge is 0.199 e. The summed E-state index contributed by atoms with van der Waals surface area (Å²) in [5.74, 6) is 1.93. The summed E-state index contributed by atoms with van der Waals surface area (Å²) < 4.78 is 10.4. The van der Waals surface area contributed by atoms with Crippen molar-refractivity contribution in [3.05, 3.63) is 52.1 Å². The summed E-state index contributed by atoms with van der Waals surface area (Å²) in [5.41, 5.74) is 1.29. The average Bonchev–Trinajstić information content (AvgIpc) is 3.65. The molecule has 0 amide bonds. The summed E-state index contributed by atoms with van der Waals surface area (Å²) in [7, 11) is 1.70. The van der Waals surface area contributed by atoms with Crippen LogP contribution in [0.4, 0.5) is 0 Å². The quantitative estimate of drug-likeness (QED) is 0.482. The van der Waals surface area contributed by atoms with E-state index >= 15 is 0 Å². The Kier molecular flexibility index (Phi) is 4.82. The molecule has 1 aromatic carbocycles. The fraction of sp³-hybridized carbons (Fsp3) is 0.429. The zero-order chi connectivity index (χ0) is 19.1. The Hall–Kier alpha value is -1.96. The van der Waals surface area contributed by atoms with Crippen molar-refractivity contribution in [2.45, 2.75) is 51.0 Å². The normalized spacial score (nSPS) is 16.6. The van der Waals surface area contributed by atoms with Crippen LogP contribution in [0, 0.1) is 4.77 Å². The van der Waals surface area contributed by atoms with Crippen LogP contribution in [-0.2, 0) is 13.2 Å². The second-order valence-corrected chi connectivity index (χ2v) is 8.96. The van der Waals surface area contributed by atoms with Gasteiger partial charge in [0.25, 0.3) is 0 Å². The number of methoxy groups -OCH3 is 1. The Morgan fingerprint density at radius 3 is 2.57 bits per heavy atom. The highest BCUT2D eigenvalue weighted by atomic mass is 32.1. The van der Waals surface area contributed by atoms with Crippen LogP contribution in [-0.4, -0.2) is 32.4 Å². The number of nitrogens with zero attached hydrogens (tertiary/aromatic N) is 4. The first kappa shape index (κ1) is 18.1. The lowest BCUT2D eigenvalue weighted by atomic mass is 10.2. The summed E-state index contributed by atoms with van der Waals surface area (Å²) in [6.07, 6.45) is 4.92. The number of aromatic nitrogens is 3. The second kappa shape index (κ2) is 7.46. The van der Waals surface area contributed by atoms with Crippen LogP contribution in [0.1, 0.15) is 37.3 Å². The van der Waals surface area contributed by atoms with Crippen molar-refractivity contribution in [2.24, 2.45) is 0 Å². The van der Waals surface area contributed by atoms with Gasteiger partial charge in [-0.2, -0.15) is 0 Å². The van der Waals surface area contributed by atoms with Gasteiger partial charge in [-0.1, -0.05) is 18.2 Å². The molecule has 0 N–H and O–H groups in total. The number of rotatable bonds is 8. The van der Waals surface area contributed by atoms with Crippen molar-refractivity contribution in [1.29, 1.82) is 0 Å². The van der Waals surface area contributed by atoms with Crippen molar-refractivity contribution in [2.75, 3.05) is 7.11 Å². The van der Waals surface area contributed by atoms with Gasteiger partial charge in [0.15, 0.2) is 10.6 Å². The summed E-state index contributed by atoms with van der Waals surface area (Å²) >= 11 is 7.58. The Balaban J connectivity index is 1.41. The minimum Gasteiger partial charge on any atom is -0.497 e. The molecule has 5 nitrogen and oxygen atoms in total. The first-order valence-corrected chi connectivity index (χ1v) is 11.1. The molecule has 0 radical (unpaired) electrons. The van der Waals surface area contributed by atoms with Gasteiger partial charge in [0.05, 0.1) is 18.7 Å². The molecule has 2 heterocycles. The van der Waals surface area contributed by atoms with Gasteiger partial charge >= 0.3 is 0 Å². The van der Waals surface area contributed by atoms with E-state index in [-0.39, 0.29) is 0 Å². The number of benzene rings is 1. The lowest BCUT2D eigenvalue weighted by Gasteiger charge is -2.22. The van der Waals surface area contributed by atoms with E-state index in [1.54, 1.807) is 18.4 Å². The van der Waals surface area contributed by atoms with E-state index in [2.05, 4.69) is 39.1 Å². The van der Waals surface area contributed by atoms with Gasteiger partial charge in [0.1, 0.15) is 5.75 Å². The Bertz CT molecular complexity index is 998. The SMILES string of the molecule is COc1ccc(CN(Cn2nc(-c3cccs3)n(C3CC3)c2=S)C2CC2)cc1. The van der Waals surface area contributed by atoms with Gasteiger partial charge in [-0.05, 0) is 67.0 Å². The third-order valence-electron chi connectivity index (χ3n) is 5.45. The molecule has 0 atom stereocenters. The average molecular weight is 413 g/mol. The molecule has 146 valence electrons. The summed E-state index contributed by atoms with van der Waals surface area (Å²) in [6.45, 7) is 1.65. The summed E-state index contributed by atoms with van der Waals surface area (Å²) in [5, 5.41) is 7.06. The first-order valence-electron chi connectivity index (χ1n) is 9.83. The zero-order valence-corrected chi connectivity index (χ0v) is 17.6. The Morgan fingerprint density at radius 1 is 1.18 bits per heavy atom. The Morgan fingerprint density at radius 2 is 1.96 bits per heavy atom. The van der Waals surface area contributed by atoms with E-state index < -0.39 is 0 Å². The molecule has 0 unspecified atom stereocenters. The molecule has 3 aromatic rings. The van der Waals surface area contributed by atoms with Crippen molar-refractivity contribution in [3.8, 4) is 16.5 Å². The third kappa shape index (κ3) is 3.66. The van der Waals surface area contributed by atoms with Crippen LogP contribution in [0.2, 0.25) is 0 Å². The van der Waals surface area contributed by atoms with Crippen LogP contribution < -0.4 is 4.74 Å². The van der Waals surface area contributed by atoms with Crippen LogP contribution in [0.15, 0.2) is 41.8 Å². The van der Waals surface area contributed by atoms with E-state index in [4.69, 9.17) is 22.1 Å². The van der Waals surface area contributed by atoms with E-state index in [1.165, 1.54) is 36.1 Å². The molecular formula is C21H24N4OS2. The second-order valence-electron chi connectivity index (χ2n) is 7.65. The van der Waals surface area contributed by atoms with Crippen molar-refractivity contribution >= 4 is 23.6 Å². The highest BCUT2D eigenvalue weighted by molar-refractivity contribution is 7.71. The van der Waals surface area contributed by atoms with Crippen molar-refractivity contribution in [3.63, 3.8) is 0 Å². The maximum Gasteiger partial charge on any atom is 0.199 e. The highest BCUT2D eigenvalue weighted by Crippen LogP contribution is 2.39. The number of hydrogen-bond donors (Lipinski definition) is 0. The van der Waals surface area contributed by atoms with Gasteiger partial charge in [-0.15, -0.1) is 16.4 Å². The predicted molar refractivity (Wildman–Crippen MR) is 114 cm³/mol. The molecule has 28 heavy (non-hydrogen) atoms. The lowest BCUT2D eigenvalue weighted by molar-refractivity contribution is 0.186. The molecule has 2 aliphatic rings. The lowest BCUT2D eigenvalue weighted by Crippen LogP contribution is -2.29.